The Morgan fingerprint density at radius 2 is 2.05 bits per heavy atom. The topological polar surface area (TPSA) is 101 Å². The molecule has 0 atom stereocenters. The minimum atomic E-state index is -3.84. The first-order valence-electron chi connectivity index (χ1n) is 6.04. The van der Waals surface area contributed by atoms with Crippen molar-refractivity contribution in [3.8, 4) is 0 Å². The Kier molecular flexibility index (Phi) is 5.79. The van der Waals surface area contributed by atoms with E-state index in [9.17, 15) is 13.2 Å². The summed E-state index contributed by atoms with van der Waals surface area (Å²) in [6.07, 6.45) is 0. The van der Waals surface area contributed by atoms with Crippen molar-refractivity contribution in [2.75, 3.05) is 18.8 Å². The van der Waals surface area contributed by atoms with Gasteiger partial charge in [-0.15, -0.1) is 0 Å². The van der Waals surface area contributed by atoms with Crippen LogP contribution in [0.5, 0.6) is 0 Å². The molecule has 1 aromatic rings. The van der Waals surface area contributed by atoms with Crippen LogP contribution in [0.2, 0.25) is 5.02 Å². The quantitative estimate of drug-likeness (QED) is 0.680. The fraction of sp³-hybridized carbons (Fsp3) is 0.417. The van der Waals surface area contributed by atoms with Crippen LogP contribution >= 0.6 is 11.6 Å². The molecule has 0 aliphatic carbocycles. The third kappa shape index (κ3) is 4.99. The Morgan fingerprint density at radius 1 is 1.40 bits per heavy atom. The molecule has 0 aliphatic rings. The molecule has 8 heteroatoms. The molecular weight excluding hydrogens is 302 g/mol. The number of anilines is 1. The van der Waals surface area contributed by atoms with E-state index in [-0.39, 0.29) is 16.5 Å². The SMILES string of the molecule is CC(C)CNC(=O)CNS(=O)(=O)c1ccc(N)cc1Cl. The fourth-order valence-corrected chi connectivity index (χ4v) is 2.89. The Hall–Kier alpha value is -1.31. The number of hydrogen-bond donors (Lipinski definition) is 3. The van der Waals surface area contributed by atoms with E-state index in [2.05, 4.69) is 10.0 Å². The van der Waals surface area contributed by atoms with Gasteiger partial charge in [-0.05, 0) is 24.1 Å². The highest BCUT2D eigenvalue weighted by molar-refractivity contribution is 7.89. The third-order valence-electron chi connectivity index (χ3n) is 2.38. The number of nitrogen functional groups attached to an aromatic ring is 1. The van der Waals surface area contributed by atoms with Gasteiger partial charge in [0.05, 0.1) is 11.6 Å². The summed E-state index contributed by atoms with van der Waals surface area (Å²) >= 11 is 5.83. The second-order valence-electron chi connectivity index (χ2n) is 4.71. The van der Waals surface area contributed by atoms with Gasteiger partial charge < -0.3 is 11.1 Å². The van der Waals surface area contributed by atoms with Gasteiger partial charge in [-0.3, -0.25) is 4.79 Å². The number of halogens is 1. The van der Waals surface area contributed by atoms with Gasteiger partial charge in [0.2, 0.25) is 15.9 Å². The number of carbonyl (C=O) groups is 1. The standard InChI is InChI=1S/C12H18ClN3O3S/c1-8(2)6-15-12(17)7-16-20(18,19)11-4-3-9(14)5-10(11)13/h3-5,8,16H,6-7,14H2,1-2H3,(H,15,17). The van der Waals surface area contributed by atoms with E-state index in [0.29, 0.717) is 18.2 Å². The third-order valence-corrected chi connectivity index (χ3v) is 4.26. The maximum absolute atomic E-state index is 12.0. The molecule has 0 fully saturated rings. The maximum atomic E-state index is 12.0. The number of benzene rings is 1. The Morgan fingerprint density at radius 3 is 2.60 bits per heavy atom. The molecule has 0 spiro atoms. The van der Waals surface area contributed by atoms with Crippen molar-refractivity contribution in [1.29, 1.82) is 0 Å². The molecule has 112 valence electrons. The van der Waals surface area contributed by atoms with Crippen LogP contribution in [0, 0.1) is 5.92 Å². The lowest BCUT2D eigenvalue weighted by atomic mass is 10.2. The fourth-order valence-electron chi connectivity index (χ4n) is 1.35. The molecule has 0 aromatic heterocycles. The lowest BCUT2D eigenvalue weighted by Gasteiger charge is -2.10. The van der Waals surface area contributed by atoms with Crippen molar-refractivity contribution in [1.82, 2.24) is 10.0 Å². The first kappa shape index (κ1) is 16.7. The van der Waals surface area contributed by atoms with Crippen LogP contribution in [0.15, 0.2) is 23.1 Å². The summed E-state index contributed by atoms with van der Waals surface area (Å²) < 4.78 is 26.2. The molecule has 20 heavy (non-hydrogen) atoms. The molecule has 0 bridgehead atoms. The summed E-state index contributed by atoms with van der Waals surface area (Å²) in [5.41, 5.74) is 5.86. The average Bonchev–Trinajstić information content (AvgIpc) is 2.33. The normalized spacial score (nSPS) is 11.6. The zero-order chi connectivity index (χ0) is 15.3. The van der Waals surface area contributed by atoms with Crippen LogP contribution < -0.4 is 15.8 Å². The van der Waals surface area contributed by atoms with E-state index in [0.717, 1.165) is 0 Å². The van der Waals surface area contributed by atoms with Gasteiger partial charge in [-0.2, -0.15) is 0 Å². The Bertz CT molecular complexity index is 588. The van der Waals surface area contributed by atoms with E-state index in [1.807, 2.05) is 13.8 Å². The zero-order valence-corrected chi connectivity index (χ0v) is 12.9. The largest absolute Gasteiger partial charge is 0.399 e. The molecule has 0 unspecified atom stereocenters. The average molecular weight is 320 g/mol. The van der Waals surface area contributed by atoms with Crippen LogP contribution in [0.25, 0.3) is 0 Å². The highest BCUT2D eigenvalue weighted by Gasteiger charge is 2.18. The van der Waals surface area contributed by atoms with Gasteiger partial charge in [0, 0.05) is 12.2 Å². The van der Waals surface area contributed by atoms with Gasteiger partial charge in [0.1, 0.15) is 4.90 Å². The maximum Gasteiger partial charge on any atom is 0.242 e. The Labute approximate surface area is 123 Å². The van der Waals surface area contributed by atoms with Crippen LogP contribution in [-0.2, 0) is 14.8 Å². The van der Waals surface area contributed by atoms with Crippen LogP contribution in [0.1, 0.15) is 13.8 Å². The van der Waals surface area contributed by atoms with Crippen molar-refractivity contribution in [3.63, 3.8) is 0 Å². The molecule has 0 radical (unpaired) electrons. The van der Waals surface area contributed by atoms with Crippen LogP contribution in [0.3, 0.4) is 0 Å². The van der Waals surface area contributed by atoms with Gasteiger partial charge in [-0.1, -0.05) is 25.4 Å². The molecule has 4 N–H and O–H groups in total. The molecule has 1 amide bonds. The monoisotopic (exact) mass is 319 g/mol. The summed E-state index contributed by atoms with van der Waals surface area (Å²) in [4.78, 5) is 11.4. The lowest BCUT2D eigenvalue weighted by molar-refractivity contribution is -0.120. The van der Waals surface area contributed by atoms with Gasteiger partial charge in [0.15, 0.2) is 0 Å². The molecular formula is C12H18ClN3O3S. The number of sulfonamides is 1. The highest BCUT2D eigenvalue weighted by atomic mass is 35.5. The summed E-state index contributed by atoms with van der Waals surface area (Å²) in [7, 11) is -3.84. The number of nitrogens with two attached hydrogens (primary N) is 1. The first-order valence-corrected chi connectivity index (χ1v) is 7.90. The molecule has 0 aliphatic heterocycles. The van der Waals surface area contributed by atoms with Gasteiger partial charge in [0.25, 0.3) is 0 Å². The second-order valence-corrected chi connectivity index (χ2v) is 6.85. The number of carbonyl (C=O) groups excluding carboxylic acids is 1. The van der Waals surface area contributed by atoms with Crippen molar-refractivity contribution < 1.29 is 13.2 Å². The first-order chi connectivity index (χ1) is 9.22. The number of rotatable bonds is 6. The summed E-state index contributed by atoms with van der Waals surface area (Å²) in [5.74, 6) is -0.101. The van der Waals surface area contributed by atoms with Crippen molar-refractivity contribution >= 4 is 33.2 Å². The molecule has 0 saturated heterocycles. The lowest BCUT2D eigenvalue weighted by Crippen LogP contribution is -2.38. The van der Waals surface area contributed by atoms with Crippen molar-refractivity contribution in [2.45, 2.75) is 18.7 Å². The van der Waals surface area contributed by atoms with E-state index >= 15 is 0 Å². The van der Waals surface area contributed by atoms with E-state index in [1.165, 1.54) is 18.2 Å². The van der Waals surface area contributed by atoms with Crippen molar-refractivity contribution in [3.05, 3.63) is 23.2 Å². The zero-order valence-electron chi connectivity index (χ0n) is 11.3. The smallest absolute Gasteiger partial charge is 0.242 e. The minimum absolute atomic E-state index is 0.0140. The predicted octanol–water partition coefficient (Wildman–Crippen LogP) is 0.973. The van der Waals surface area contributed by atoms with Gasteiger partial charge >= 0.3 is 0 Å². The molecule has 1 aromatic carbocycles. The minimum Gasteiger partial charge on any atom is -0.399 e. The van der Waals surface area contributed by atoms with Crippen molar-refractivity contribution in [2.24, 2.45) is 5.92 Å². The Balaban J connectivity index is 2.68. The summed E-state index contributed by atoms with van der Waals surface area (Å²) in [5, 5.41) is 2.62. The summed E-state index contributed by atoms with van der Waals surface area (Å²) in [6, 6.07) is 4.07. The van der Waals surface area contributed by atoms with E-state index < -0.39 is 15.9 Å². The molecule has 6 nitrogen and oxygen atoms in total. The number of amides is 1. The number of nitrogens with one attached hydrogen (secondary N) is 2. The highest BCUT2D eigenvalue weighted by Crippen LogP contribution is 2.23. The molecule has 0 saturated carbocycles. The van der Waals surface area contributed by atoms with Crippen LogP contribution in [0.4, 0.5) is 5.69 Å². The summed E-state index contributed by atoms with van der Waals surface area (Å²) in [6.45, 7) is 4.04. The molecule has 0 heterocycles. The number of hydrogen-bond acceptors (Lipinski definition) is 4. The van der Waals surface area contributed by atoms with Crippen LogP contribution in [-0.4, -0.2) is 27.4 Å². The van der Waals surface area contributed by atoms with Gasteiger partial charge in [-0.25, -0.2) is 13.1 Å². The predicted molar refractivity (Wildman–Crippen MR) is 78.9 cm³/mol. The second kappa shape index (κ2) is 6.92. The molecule has 1 rings (SSSR count). The van der Waals surface area contributed by atoms with E-state index in [4.69, 9.17) is 17.3 Å². The van der Waals surface area contributed by atoms with E-state index in [1.54, 1.807) is 0 Å².